The molecule has 2 amide bonds. The lowest BCUT2D eigenvalue weighted by Crippen LogP contribution is -2.45. The van der Waals surface area contributed by atoms with Crippen LogP contribution in [0.2, 0.25) is 0 Å². The number of carboxylic acid groups (broad SMARTS) is 1. The molecule has 14 nitrogen and oxygen atoms in total. The number of carbonyl (C=O) groups excluding carboxylic acids is 2. The minimum Gasteiger partial charge on any atom is -0.490 e. The van der Waals surface area contributed by atoms with Gasteiger partial charge in [-0.2, -0.15) is 5.10 Å². The molecule has 42 heavy (non-hydrogen) atoms. The van der Waals surface area contributed by atoms with Crippen molar-refractivity contribution in [3.05, 3.63) is 58.8 Å². The van der Waals surface area contributed by atoms with Crippen molar-refractivity contribution in [1.29, 1.82) is 0 Å². The van der Waals surface area contributed by atoms with Gasteiger partial charge in [0.2, 0.25) is 0 Å². The summed E-state index contributed by atoms with van der Waals surface area (Å²) >= 11 is 0. The third kappa shape index (κ3) is 8.51. The molecular formula is C28H34N4O10. The first-order valence-corrected chi connectivity index (χ1v) is 13.0. The van der Waals surface area contributed by atoms with Crippen LogP contribution in [0.3, 0.4) is 0 Å². The summed E-state index contributed by atoms with van der Waals surface area (Å²) in [6.45, 7) is 5.14. The molecule has 5 N–H and O–H groups in total. The van der Waals surface area contributed by atoms with Crippen LogP contribution < -0.4 is 35.0 Å². The van der Waals surface area contributed by atoms with Crippen LogP contribution in [0, 0.1) is 0 Å². The van der Waals surface area contributed by atoms with E-state index in [9.17, 15) is 19.5 Å². The van der Waals surface area contributed by atoms with E-state index < -0.39 is 36.8 Å². The number of nitrogens with zero attached hydrogens (tertiary/aromatic N) is 1. The lowest BCUT2D eigenvalue weighted by molar-refractivity contribution is -0.139. The number of aliphatic hydroxyl groups excluding tert-OH is 1. The molecule has 0 fully saturated rings. The zero-order chi connectivity index (χ0) is 30.6. The van der Waals surface area contributed by atoms with Gasteiger partial charge in [-0.15, -0.1) is 0 Å². The number of nitrogens with one attached hydrogen (secondary N) is 3. The summed E-state index contributed by atoms with van der Waals surface area (Å²) in [5, 5.41) is 28.5. The molecule has 0 aromatic heterocycles. The molecule has 2 aromatic rings. The fourth-order valence-corrected chi connectivity index (χ4v) is 3.95. The van der Waals surface area contributed by atoms with E-state index in [0.29, 0.717) is 47.3 Å². The number of carbonyl (C=O) groups is 3. The quantitative estimate of drug-likeness (QED) is 0.0890. The highest BCUT2D eigenvalue weighted by Crippen LogP contribution is 2.35. The van der Waals surface area contributed by atoms with Crippen LogP contribution in [0.4, 0.5) is 4.79 Å². The Morgan fingerprint density at radius 2 is 1.69 bits per heavy atom. The van der Waals surface area contributed by atoms with Crippen LogP contribution in [0.25, 0.3) is 0 Å². The molecule has 14 heteroatoms. The van der Waals surface area contributed by atoms with Gasteiger partial charge in [0, 0.05) is 5.70 Å². The standard InChI is InChI=1S/C28H34N4O10/c1-5-39-21-11-17(7-9-19(21)42-15-24(34)35)13-29-32-23(33)14-41-20-10-8-18(12-22(20)40-6-2)26-25(27(36)38-4)16(3)30-28(37)31-26/h7-13,23,26,32-33H,5-6,14-15H2,1-4H3,(H,34,35)(H2,30,31,37)/b29-13-/t23-,26-/m1/s1. The number of ether oxygens (including phenoxy) is 5. The number of aliphatic hydroxyl groups is 1. The molecule has 0 bridgehead atoms. The Kier molecular flexibility index (Phi) is 11.4. The third-order valence-electron chi connectivity index (χ3n) is 5.73. The summed E-state index contributed by atoms with van der Waals surface area (Å²) < 4.78 is 27.1. The highest BCUT2D eigenvalue weighted by atomic mass is 16.5. The molecular weight excluding hydrogens is 552 g/mol. The molecule has 2 aromatic carbocycles. The van der Waals surface area contributed by atoms with Crippen molar-refractivity contribution in [2.75, 3.05) is 33.5 Å². The fraction of sp³-hybridized carbons (Fsp3) is 0.357. The summed E-state index contributed by atoms with van der Waals surface area (Å²) in [6, 6.07) is 8.52. The molecule has 1 aliphatic rings. The minimum absolute atomic E-state index is 0.195. The Morgan fingerprint density at radius 3 is 2.36 bits per heavy atom. The highest BCUT2D eigenvalue weighted by Gasteiger charge is 2.32. The van der Waals surface area contributed by atoms with Gasteiger partial charge in [-0.1, -0.05) is 6.07 Å². The van der Waals surface area contributed by atoms with E-state index >= 15 is 0 Å². The number of benzene rings is 2. The molecule has 3 rings (SSSR count). The number of carboxylic acids is 1. The number of rotatable bonds is 15. The SMILES string of the molecule is CCOc1cc(/C=N\N[C@H](O)COc2ccc([C@H]3NC(=O)NC(C)=C3C(=O)OC)cc2OCC)ccc1OCC(=O)O. The van der Waals surface area contributed by atoms with Crippen LogP contribution in [-0.4, -0.2) is 74.2 Å². The van der Waals surface area contributed by atoms with Crippen LogP contribution >= 0.6 is 0 Å². The van der Waals surface area contributed by atoms with Gasteiger partial charge in [-0.05, 0) is 62.2 Å². The average Bonchev–Trinajstić information content (AvgIpc) is 2.95. The predicted molar refractivity (Wildman–Crippen MR) is 150 cm³/mol. The van der Waals surface area contributed by atoms with Crippen LogP contribution in [0.15, 0.2) is 52.8 Å². The van der Waals surface area contributed by atoms with Gasteiger partial charge in [-0.25, -0.2) is 14.4 Å². The Labute approximate surface area is 242 Å². The molecule has 2 atom stereocenters. The van der Waals surface area contributed by atoms with Crippen molar-refractivity contribution in [1.82, 2.24) is 16.1 Å². The van der Waals surface area contributed by atoms with Crippen molar-refractivity contribution in [3.8, 4) is 23.0 Å². The van der Waals surface area contributed by atoms with Gasteiger partial charge in [-0.3, -0.25) is 5.43 Å². The van der Waals surface area contributed by atoms with Gasteiger partial charge < -0.3 is 44.5 Å². The number of urea groups is 1. The second-order valence-electron chi connectivity index (χ2n) is 8.74. The summed E-state index contributed by atoms with van der Waals surface area (Å²) in [6.07, 6.45) is 0.245. The largest absolute Gasteiger partial charge is 0.490 e. The Morgan fingerprint density at radius 1 is 1.02 bits per heavy atom. The molecule has 0 spiro atoms. The zero-order valence-corrected chi connectivity index (χ0v) is 23.6. The van der Waals surface area contributed by atoms with Gasteiger partial charge >= 0.3 is 18.0 Å². The molecule has 0 aliphatic carbocycles. The minimum atomic E-state index is -1.19. The lowest BCUT2D eigenvalue weighted by atomic mass is 9.95. The smallest absolute Gasteiger partial charge is 0.341 e. The first-order chi connectivity index (χ1) is 20.2. The third-order valence-corrected chi connectivity index (χ3v) is 5.73. The summed E-state index contributed by atoms with van der Waals surface area (Å²) in [5.41, 5.74) is 4.35. The molecule has 0 saturated heterocycles. The molecule has 226 valence electrons. The maximum absolute atomic E-state index is 12.4. The van der Waals surface area contributed by atoms with E-state index in [1.54, 1.807) is 57.2 Å². The van der Waals surface area contributed by atoms with Gasteiger partial charge in [0.1, 0.15) is 6.61 Å². The summed E-state index contributed by atoms with van der Waals surface area (Å²) in [5.74, 6) is -0.396. The number of aliphatic carboxylic acids is 1. The average molecular weight is 587 g/mol. The first kappa shape index (κ1) is 31.5. The second-order valence-corrected chi connectivity index (χ2v) is 8.74. The maximum atomic E-state index is 12.4. The molecule has 0 saturated carbocycles. The Bertz CT molecular complexity index is 1340. The fourth-order valence-electron chi connectivity index (χ4n) is 3.95. The van der Waals surface area contributed by atoms with Crippen LogP contribution in [0.1, 0.15) is 37.9 Å². The molecule has 1 heterocycles. The predicted octanol–water partition coefficient (Wildman–Crippen LogP) is 2.07. The van der Waals surface area contributed by atoms with Crippen molar-refractivity contribution < 1.29 is 48.3 Å². The number of allylic oxidation sites excluding steroid dienone is 1. The van der Waals surface area contributed by atoms with Gasteiger partial charge in [0.05, 0.1) is 38.2 Å². The monoisotopic (exact) mass is 586 g/mol. The number of esters is 1. The molecule has 0 unspecified atom stereocenters. The van der Waals surface area contributed by atoms with Gasteiger partial charge in [0.15, 0.2) is 35.8 Å². The van der Waals surface area contributed by atoms with E-state index in [1.165, 1.54) is 13.3 Å². The topological polar surface area (TPSA) is 186 Å². The number of hydrazone groups is 1. The van der Waals surface area contributed by atoms with Gasteiger partial charge in [0.25, 0.3) is 0 Å². The second kappa shape index (κ2) is 15.1. The van der Waals surface area contributed by atoms with Crippen LogP contribution in [-0.2, 0) is 14.3 Å². The lowest BCUT2D eigenvalue weighted by Gasteiger charge is -2.28. The highest BCUT2D eigenvalue weighted by molar-refractivity contribution is 5.95. The van der Waals surface area contributed by atoms with Crippen molar-refractivity contribution in [3.63, 3.8) is 0 Å². The number of hydrogen-bond donors (Lipinski definition) is 5. The van der Waals surface area contributed by atoms with E-state index in [0.717, 1.165) is 0 Å². The molecule has 0 radical (unpaired) electrons. The summed E-state index contributed by atoms with van der Waals surface area (Å²) in [7, 11) is 1.26. The first-order valence-electron chi connectivity index (χ1n) is 13.0. The van der Waals surface area contributed by atoms with Crippen LogP contribution in [0.5, 0.6) is 23.0 Å². The summed E-state index contributed by atoms with van der Waals surface area (Å²) in [4.78, 5) is 35.3. The molecule has 1 aliphatic heterocycles. The maximum Gasteiger partial charge on any atom is 0.341 e. The number of methoxy groups -OCH3 is 1. The van der Waals surface area contributed by atoms with E-state index in [1.807, 2.05) is 0 Å². The van der Waals surface area contributed by atoms with Crippen molar-refractivity contribution in [2.24, 2.45) is 5.10 Å². The van der Waals surface area contributed by atoms with E-state index in [4.69, 9.17) is 28.8 Å². The van der Waals surface area contributed by atoms with Crippen molar-refractivity contribution >= 4 is 24.2 Å². The van der Waals surface area contributed by atoms with E-state index in [2.05, 4.69) is 21.2 Å². The van der Waals surface area contributed by atoms with E-state index in [-0.39, 0.29) is 17.9 Å². The Hall–Kier alpha value is -4.98. The van der Waals surface area contributed by atoms with Crippen molar-refractivity contribution in [2.45, 2.75) is 33.0 Å². The number of hydrogen-bond acceptors (Lipinski definition) is 11. The zero-order valence-electron chi connectivity index (χ0n) is 23.6. The normalized spacial score (nSPS) is 15.4. The number of amides is 2. The Balaban J connectivity index is 1.66.